The van der Waals surface area contributed by atoms with Crippen LogP contribution in [0.25, 0.3) is 0 Å². The van der Waals surface area contributed by atoms with Gasteiger partial charge in [-0.25, -0.2) is 0 Å². The Hall–Kier alpha value is -1.33. The van der Waals surface area contributed by atoms with E-state index < -0.39 is 11.0 Å². The van der Waals surface area contributed by atoms with Gasteiger partial charge in [0, 0.05) is 0 Å². The summed E-state index contributed by atoms with van der Waals surface area (Å²) in [5, 5.41) is 20.3. The third kappa shape index (κ3) is 0.994. The number of benzene rings is 1. The van der Waals surface area contributed by atoms with Crippen LogP contribution in [-0.4, -0.2) is 5.11 Å². The molecule has 0 heterocycles. The molecule has 1 saturated carbocycles. The maximum Gasteiger partial charge on any atom is 0.109 e. The van der Waals surface area contributed by atoms with Gasteiger partial charge in [0.25, 0.3) is 0 Å². The Morgan fingerprint density at radius 3 is 2.56 bits per heavy atom. The summed E-state index contributed by atoms with van der Waals surface area (Å²) in [7, 11) is 0. The maximum absolute atomic E-state index is 10.9. The highest BCUT2D eigenvalue weighted by Crippen LogP contribution is 2.58. The van der Waals surface area contributed by atoms with Crippen LogP contribution in [0.4, 0.5) is 0 Å². The van der Waals surface area contributed by atoms with E-state index in [0.717, 1.165) is 31.2 Å². The van der Waals surface area contributed by atoms with E-state index in [4.69, 9.17) is 0 Å². The molecule has 0 aliphatic heterocycles. The van der Waals surface area contributed by atoms with Crippen molar-refractivity contribution >= 4 is 0 Å². The van der Waals surface area contributed by atoms with Crippen molar-refractivity contribution in [3.63, 3.8) is 0 Å². The van der Waals surface area contributed by atoms with Crippen molar-refractivity contribution < 1.29 is 5.11 Å². The van der Waals surface area contributed by atoms with Crippen molar-refractivity contribution in [2.24, 2.45) is 5.41 Å². The second-order valence-electron chi connectivity index (χ2n) is 5.06. The van der Waals surface area contributed by atoms with Crippen molar-refractivity contribution in [3.8, 4) is 6.07 Å². The van der Waals surface area contributed by atoms with Gasteiger partial charge in [0.05, 0.1) is 11.5 Å². The average molecular weight is 213 g/mol. The van der Waals surface area contributed by atoms with Crippen LogP contribution < -0.4 is 0 Å². The number of aryl methyl sites for hydroxylation is 1. The predicted molar refractivity (Wildman–Crippen MR) is 60.6 cm³/mol. The molecule has 1 fully saturated rings. The summed E-state index contributed by atoms with van der Waals surface area (Å²) in [5.74, 6) is 0. The van der Waals surface area contributed by atoms with Gasteiger partial charge in [0.15, 0.2) is 0 Å². The van der Waals surface area contributed by atoms with Gasteiger partial charge in [0.1, 0.15) is 5.60 Å². The SMILES string of the molecule is N#CC1(C2(O)CCc3ccccc32)CCC1. The van der Waals surface area contributed by atoms with Crippen LogP contribution in [0.2, 0.25) is 0 Å². The van der Waals surface area contributed by atoms with Crippen LogP contribution in [-0.2, 0) is 12.0 Å². The third-order valence-electron chi connectivity index (χ3n) is 4.43. The molecule has 1 unspecified atom stereocenters. The van der Waals surface area contributed by atoms with E-state index in [1.165, 1.54) is 5.56 Å². The summed E-state index contributed by atoms with van der Waals surface area (Å²) in [5.41, 5.74) is 0.804. The van der Waals surface area contributed by atoms with E-state index >= 15 is 0 Å². The highest BCUT2D eigenvalue weighted by atomic mass is 16.3. The Balaban J connectivity index is 2.12. The van der Waals surface area contributed by atoms with Gasteiger partial charge < -0.3 is 5.11 Å². The molecule has 0 saturated heterocycles. The van der Waals surface area contributed by atoms with Crippen molar-refractivity contribution in [1.29, 1.82) is 5.26 Å². The topological polar surface area (TPSA) is 44.0 Å². The fourth-order valence-corrected chi connectivity index (χ4v) is 3.24. The Morgan fingerprint density at radius 1 is 1.19 bits per heavy atom. The van der Waals surface area contributed by atoms with Crippen molar-refractivity contribution in [3.05, 3.63) is 35.4 Å². The minimum absolute atomic E-state index is 0.514. The quantitative estimate of drug-likeness (QED) is 0.779. The molecule has 0 spiro atoms. The van der Waals surface area contributed by atoms with E-state index in [2.05, 4.69) is 12.1 Å². The zero-order valence-corrected chi connectivity index (χ0v) is 9.24. The largest absolute Gasteiger partial charge is 0.383 e. The first-order chi connectivity index (χ1) is 7.72. The van der Waals surface area contributed by atoms with Gasteiger partial charge in [-0.1, -0.05) is 30.7 Å². The fourth-order valence-electron chi connectivity index (χ4n) is 3.24. The van der Waals surface area contributed by atoms with E-state index in [0.29, 0.717) is 6.42 Å². The van der Waals surface area contributed by atoms with Crippen LogP contribution >= 0.6 is 0 Å². The summed E-state index contributed by atoms with van der Waals surface area (Å²) >= 11 is 0. The highest BCUT2D eigenvalue weighted by Gasteiger charge is 2.57. The standard InChI is InChI=1S/C14H15NO/c15-10-13(7-3-8-13)14(16)9-6-11-4-1-2-5-12(11)14/h1-2,4-5,16H,3,6-9H2. The Kier molecular flexibility index (Phi) is 1.90. The molecule has 1 aromatic carbocycles. The Bertz CT molecular complexity index is 470. The number of fused-ring (bicyclic) bond motifs is 1. The number of nitriles is 1. The molecule has 2 nitrogen and oxygen atoms in total. The molecule has 2 aliphatic carbocycles. The summed E-state index contributed by atoms with van der Waals surface area (Å²) in [6, 6.07) is 10.4. The van der Waals surface area contributed by atoms with Crippen molar-refractivity contribution in [1.82, 2.24) is 0 Å². The zero-order valence-electron chi connectivity index (χ0n) is 9.24. The number of rotatable bonds is 1. The summed E-state index contributed by atoms with van der Waals surface area (Å²) in [6.07, 6.45) is 4.36. The van der Waals surface area contributed by atoms with Crippen molar-refractivity contribution in [2.75, 3.05) is 0 Å². The highest BCUT2D eigenvalue weighted by molar-refractivity contribution is 5.41. The predicted octanol–water partition coefficient (Wildman–Crippen LogP) is 2.51. The molecule has 1 N–H and O–H groups in total. The molecule has 0 amide bonds. The number of nitrogens with zero attached hydrogens (tertiary/aromatic N) is 1. The van der Waals surface area contributed by atoms with Crippen LogP contribution in [0.15, 0.2) is 24.3 Å². The van der Waals surface area contributed by atoms with Gasteiger partial charge >= 0.3 is 0 Å². The number of hydrogen-bond acceptors (Lipinski definition) is 2. The van der Waals surface area contributed by atoms with Crippen LogP contribution in [0, 0.1) is 16.7 Å². The Labute approximate surface area is 95.5 Å². The first-order valence-corrected chi connectivity index (χ1v) is 5.94. The van der Waals surface area contributed by atoms with Crippen molar-refractivity contribution in [2.45, 2.75) is 37.7 Å². The lowest BCUT2D eigenvalue weighted by molar-refractivity contribution is -0.0988. The third-order valence-corrected chi connectivity index (χ3v) is 4.43. The fraction of sp³-hybridized carbons (Fsp3) is 0.500. The first-order valence-electron chi connectivity index (χ1n) is 5.94. The molecule has 2 heteroatoms. The molecule has 0 aromatic heterocycles. The normalized spacial score (nSPS) is 30.2. The number of aliphatic hydroxyl groups is 1. The first kappa shape index (κ1) is 9.86. The molecule has 0 bridgehead atoms. The lowest BCUT2D eigenvalue weighted by atomic mass is 9.58. The van der Waals surface area contributed by atoms with Crippen LogP contribution in [0.5, 0.6) is 0 Å². The summed E-state index contributed by atoms with van der Waals surface area (Å²) in [4.78, 5) is 0. The Morgan fingerprint density at radius 2 is 1.94 bits per heavy atom. The number of hydrogen-bond donors (Lipinski definition) is 1. The molecular weight excluding hydrogens is 198 g/mol. The molecule has 1 aromatic rings. The van der Waals surface area contributed by atoms with E-state index in [-0.39, 0.29) is 0 Å². The monoisotopic (exact) mass is 213 g/mol. The van der Waals surface area contributed by atoms with Crippen LogP contribution in [0.3, 0.4) is 0 Å². The molecule has 82 valence electrons. The molecule has 3 rings (SSSR count). The van der Waals surface area contributed by atoms with Gasteiger partial charge in [-0.05, 0) is 36.8 Å². The zero-order chi connectivity index (χ0) is 11.2. The minimum Gasteiger partial charge on any atom is -0.383 e. The molecule has 1 atom stereocenters. The van der Waals surface area contributed by atoms with E-state index in [1.807, 2.05) is 18.2 Å². The molecule has 2 aliphatic rings. The van der Waals surface area contributed by atoms with E-state index in [1.54, 1.807) is 0 Å². The summed E-state index contributed by atoms with van der Waals surface area (Å²) < 4.78 is 0. The summed E-state index contributed by atoms with van der Waals surface area (Å²) in [6.45, 7) is 0. The second-order valence-corrected chi connectivity index (χ2v) is 5.06. The maximum atomic E-state index is 10.9. The average Bonchev–Trinajstić information content (AvgIpc) is 2.58. The second kappa shape index (κ2) is 3.09. The minimum atomic E-state index is -0.892. The van der Waals surface area contributed by atoms with E-state index in [9.17, 15) is 10.4 Å². The smallest absolute Gasteiger partial charge is 0.109 e. The lowest BCUT2D eigenvalue weighted by Gasteiger charge is -2.47. The van der Waals surface area contributed by atoms with Crippen LogP contribution in [0.1, 0.15) is 36.8 Å². The molecule has 0 radical (unpaired) electrons. The van der Waals surface area contributed by atoms with Gasteiger partial charge in [-0.3, -0.25) is 0 Å². The van der Waals surface area contributed by atoms with Gasteiger partial charge in [-0.15, -0.1) is 0 Å². The van der Waals surface area contributed by atoms with Gasteiger partial charge in [0.2, 0.25) is 0 Å². The molecule has 16 heavy (non-hydrogen) atoms. The van der Waals surface area contributed by atoms with Gasteiger partial charge in [-0.2, -0.15) is 5.26 Å². The lowest BCUT2D eigenvalue weighted by Crippen LogP contribution is -2.48. The molecular formula is C14H15NO.